The Balaban J connectivity index is 1.20. The minimum absolute atomic E-state index is 0.493. The van der Waals surface area contributed by atoms with Gasteiger partial charge in [-0.15, -0.1) is 0 Å². The summed E-state index contributed by atoms with van der Waals surface area (Å²) in [4.78, 5) is 2.75. The van der Waals surface area contributed by atoms with Crippen LogP contribution in [-0.4, -0.2) is 48.8 Å². The molecule has 4 fully saturated rings. The van der Waals surface area contributed by atoms with E-state index in [0.29, 0.717) is 12.2 Å². The third-order valence-corrected chi connectivity index (χ3v) is 5.10. The lowest BCUT2D eigenvalue weighted by Gasteiger charge is -2.25. The smallest absolute Gasteiger partial charge is 0.0707 e. The van der Waals surface area contributed by atoms with E-state index in [2.05, 4.69) is 10.2 Å². The minimum Gasteiger partial charge on any atom is -0.372 e. The molecule has 1 N–H and O–H groups in total. The molecule has 2 unspecified atom stereocenters. The zero-order valence-electron chi connectivity index (χ0n) is 12.0. The van der Waals surface area contributed by atoms with Gasteiger partial charge in [-0.25, -0.2) is 0 Å². The summed E-state index contributed by atoms with van der Waals surface area (Å²) in [6, 6.07) is 1.73. The van der Waals surface area contributed by atoms with Gasteiger partial charge in [0, 0.05) is 31.7 Å². The lowest BCUT2D eigenvalue weighted by Crippen LogP contribution is -2.36. The maximum absolute atomic E-state index is 6.25. The van der Waals surface area contributed by atoms with E-state index in [-0.39, 0.29) is 0 Å². The van der Waals surface area contributed by atoms with Crippen LogP contribution in [0.5, 0.6) is 0 Å². The predicted molar refractivity (Wildman–Crippen MR) is 76.2 cm³/mol. The fourth-order valence-corrected chi connectivity index (χ4v) is 3.36. The molecular formula is C16H28N2O. The first-order valence-electron chi connectivity index (χ1n) is 8.50. The maximum Gasteiger partial charge on any atom is 0.0707 e. The molecule has 0 aromatic carbocycles. The van der Waals surface area contributed by atoms with Crippen LogP contribution in [0.3, 0.4) is 0 Å². The Labute approximate surface area is 117 Å². The van der Waals surface area contributed by atoms with E-state index in [1.807, 2.05) is 0 Å². The summed E-state index contributed by atoms with van der Waals surface area (Å²) >= 11 is 0. The van der Waals surface area contributed by atoms with E-state index in [1.54, 1.807) is 0 Å². The number of hydrogen-bond acceptors (Lipinski definition) is 3. The van der Waals surface area contributed by atoms with Crippen molar-refractivity contribution in [3.05, 3.63) is 0 Å². The minimum atomic E-state index is 0.493. The summed E-state index contributed by atoms with van der Waals surface area (Å²) < 4.78 is 6.25. The molecule has 0 bridgehead atoms. The summed E-state index contributed by atoms with van der Waals surface area (Å²) in [5.41, 5.74) is 0. The molecule has 0 aromatic rings. The highest BCUT2D eigenvalue weighted by molar-refractivity contribution is 4.91. The van der Waals surface area contributed by atoms with Crippen LogP contribution >= 0.6 is 0 Å². The van der Waals surface area contributed by atoms with Gasteiger partial charge < -0.3 is 10.1 Å². The van der Waals surface area contributed by atoms with E-state index >= 15 is 0 Å². The second kappa shape index (κ2) is 5.34. The van der Waals surface area contributed by atoms with E-state index in [4.69, 9.17) is 4.74 Å². The van der Waals surface area contributed by atoms with Crippen LogP contribution in [0.4, 0.5) is 0 Å². The maximum atomic E-state index is 6.25. The van der Waals surface area contributed by atoms with E-state index in [1.165, 1.54) is 64.5 Å². The fourth-order valence-electron chi connectivity index (χ4n) is 3.36. The molecule has 3 aliphatic carbocycles. The molecule has 1 heterocycles. The molecule has 3 nitrogen and oxygen atoms in total. The Hall–Kier alpha value is -0.120. The van der Waals surface area contributed by atoms with E-state index < -0.39 is 0 Å². The molecule has 4 aliphatic rings. The van der Waals surface area contributed by atoms with Crippen molar-refractivity contribution in [2.45, 2.75) is 75.7 Å². The van der Waals surface area contributed by atoms with Gasteiger partial charge in [0.1, 0.15) is 0 Å². The first-order valence-corrected chi connectivity index (χ1v) is 8.50. The summed E-state index contributed by atoms with van der Waals surface area (Å²) in [7, 11) is 0. The standard InChI is InChI=1S/C16H28N2O/c1-2-12(1)10-18(14-5-6-14)11-16-8-7-15(19-16)9-17-13-3-4-13/h12-17H,1-11H2. The van der Waals surface area contributed by atoms with E-state index in [9.17, 15) is 0 Å². The third kappa shape index (κ3) is 3.71. The Bertz CT molecular complexity index is 310. The summed E-state index contributed by atoms with van der Waals surface area (Å²) in [5, 5.41) is 3.61. The zero-order chi connectivity index (χ0) is 12.7. The molecule has 3 heteroatoms. The molecule has 0 radical (unpaired) electrons. The highest BCUT2D eigenvalue weighted by Crippen LogP contribution is 2.35. The van der Waals surface area contributed by atoms with Crippen LogP contribution in [0.25, 0.3) is 0 Å². The fraction of sp³-hybridized carbons (Fsp3) is 1.00. The second-order valence-corrected chi connectivity index (χ2v) is 7.27. The Morgan fingerprint density at radius 2 is 1.63 bits per heavy atom. The average Bonchev–Trinajstić information content (AvgIpc) is 3.22. The first-order chi connectivity index (χ1) is 9.37. The highest BCUT2D eigenvalue weighted by atomic mass is 16.5. The Kier molecular flexibility index (Phi) is 3.55. The van der Waals surface area contributed by atoms with Gasteiger partial charge in [0.2, 0.25) is 0 Å². The second-order valence-electron chi connectivity index (χ2n) is 7.27. The molecule has 19 heavy (non-hydrogen) atoms. The van der Waals surface area contributed by atoms with Gasteiger partial charge >= 0.3 is 0 Å². The van der Waals surface area contributed by atoms with Gasteiger partial charge in [-0.1, -0.05) is 0 Å². The van der Waals surface area contributed by atoms with Crippen LogP contribution in [0.1, 0.15) is 51.4 Å². The molecule has 0 aromatic heterocycles. The highest BCUT2D eigenvalue weighted by Gasteiger charge is 2.36. The van der Waals surface area contributed by atoms with Gasteiger partial charge in [-0.3, -0.25) is 4.90 Å². The van der Waals surface area contributed by atoms with Crippen LogP contribution in [0.15, 0.2) is 0 Å². The molecule has 4 rings (SSSR count). The van der Waals surface area contributed by atoms with Crippen molar-refractivity contribution in [3.63, 3.8) is 0 Å². The quantitative estimate of drug-likeness (QED) is 0.727. The van der Waals surface area contributed by atoms with Gasteiger partial charge in [-0.05, 0) is 57.3 Å². The summed E-state index contributed by atoms with van der Waals surface area (Å²) in [6.45, 7) is 3.66. The summed E-state index contributed by atoms with van der Waals surface area (Å²) in [5.74, 6) is 1.02. The molecular weight excluding hydrogens is 236 g/mol. The monoisotopic (exact) mass is 264 g/mol. The topological polar surface area (TPSA) is 24.5 Å². The van der Waals surface area contributed by atoms with Crippen LogP contribution < -0.4 is 5.32 Å². The molecule has 1 saturated heterocycles. The van der Waals surface area contributed by atoms with Crippen molar-refractivity contribution >= 4 is 0 Å². The number of nitrogens with zero attached hydrogens (tertiary/aromatic N) is 1. The van der Waals surface area contributed by atoms with Gasteiger partial charge in [0.05, 0.1) is 12.2 Å². The lowest BCUT2D eigenvalue weighted by molar-refractivity contribution is 0.0206. The lowest BCUT2D eigenvalue weighted by atomic mass is 10.2. The predicted octanol–water partition coefficient (Wildman–Crippen LogP) is 2.16. The molecule has 0 amide bonds. The molecule has 3 saturated carbocycles. The van der Waals surface area contributed by atoms with E-state index in [0.717, 1.165) is 24.5 Å². The van der Waals surface area contributed by atoms with Crippen molar-refractivity contribution < 1.29 is 4.74 Å². The van der Waals surface area contributed by atoms with Gasteiger partial charge in [-0.2, -0.15) is 0 Å². The number of rotatable bonds is 8. The Morgan fingerprint density at radius 3 is 2.32 bits per heavy atom. The SMILES string of the molecule is C1CC1CN(CC1CCC(CNC2CC2)O1)C1CC1. The van der Waals surface area contributed by atoms with Gasteiger partial charge in [0.25, 0.3) is 0 Å². The van der Waals surface area contributed by atoms with Crippen molar-refractivity contribution in [2.75, 3.05) is 19.6 Å². The number of hydrogen-bond donors (Lipinski definition) is 1. The van der Waals surface area contributed by atoms with Crippen LogP contribution in [-0.2, 0) is 4.74 Å². The zero-order valence-corrected chi connectivity index (χ0v) is 12.0. The third-order valence-electron chi connectivity index (χ3n) is 5.10. The van der Waals surface area contributed by atoms with Crippen molar-refractivity contribution in [1.82, 2.24) is 10.2 Å². The Morgan fingerprint density at radius 1 is 0.842 bits per heavy atom. The molecule has 0 spiro atoms. The summed E-state index contributed by atoms with van der Waals surface area (Å²) in [6.07, 6.45) is 12.2. The molecule has 108 valence electrons. The van der Waals surface area contributed by atoms with Crippen molar-refractivity contribution in [2.24, 2.45) is 5.92 Å². The first kappa shape index (κ1) is 12.6. The van der Waals surface area contributed by atoms with Gasteiger partial charge in [0.15, 0.2) is 0 Å². The normalized spacial score (nSPS) is 35.2. The largest absolute Gasteiger partial charge is 0.372 e. The van der Waals surface area contributed by atoms with Crippen molar-refractivity contribution in [1.29, 1.82) is 0 Å². The average molecular weight is 264 g/mol. The van der Waals surface area contributed by atoms with Crippen molar-refractivity contribution in [3.8, 4) is 0 Å². The number of nitrogens with one attached hydrogen (secondary N) is 1. The number of ether oxygens (including phenoxy) is 1. The molecule has 2 atom stereocenters. The van der Waals surface area contributed by atoms with Crippen LogP contribution in [0, 0.1) is 5.92 Å². The van der Waals surface area contributed by atoms with Crippen LogP contribution in [0.2, 0.25) is 0 Å². The molecule has 1 aliphatic heterocycles.